The maximum absolute atomic E-state index is 13.1. The number of hydrazine groups is 1. The molecule has 2 aromatic rings. The largest absolute Gasteiger partial charge is 0.457 e. The van der Waals surface area contributed by atoms with E-state index in [-0.39, 0.29) is 6.04 Å². The molecule has 1 aromatic carbocycles. The molecule has 0 amide bonds. The standard InChI is InChI=1S/C12H11BrF2N2O/c13-12-8(3-4-18-12)11(17-16)6-7-1-2-9(14)10(15)5-7/h1-5,11,17H,6,16H2. The highest BCUT2D eigenvalue weighted by atomic mass is 79.9. The first kappa shape index (κ1) is 13.2. The van der Waals surface area contributed by atoms with E-state index >= 15 is 0 Å². The van der Waals surface area contributed by atoms with Crippen LogP contribution < -0.4 is 11.3 Å². The molecular weight excluding hydrogens is 306 g/mol. The Morgan fingerprint density at radius 2 is 2.06 bits per heavy atom. The second-order valence-corrected chi connectivity index (χ2v) is 4.54. The normalized spacial score (nSPS) is 12.7. The monoisotopic (exact) mass is 316 g/mol. The molecule has 0 radical (unpaired) electrons. The van der Waals surface area contributed by atoms with E-state index in [0.29, 0.717) is 16.7 Å². The van der Waals surface area contributed by atoms with Gasteiger partial charge in [0.2, 0.25) is 0 Å². The molecule has 1 heterocycles. The Balaban J connectivity index is 2.20. The molecule has 0 saturated carbocycles. The fourth-order valence-electron chi connectivity index (χ4n) is 1.71. The van der Waals surface area contributed by atoms with Crippen LogP contribution in [-0.2, 0) is 6.42 Å². The van der Waals surface area contributed by atoms with Crippen molar-refractivity contribution in [3.63, 3.8) is 0 Å². The van der Waals surface area contributed by atoms with Gasteiger partial charge in [-0.1, -0.05) is 6.07 Å². The van der Waals surface area contributed by atoms with Crippen molar-refractivity contribution in [3.8, 4) is 0 Å². The molecule has 0 aliphatic rings. The smallest absolute Gasteiger partial charge is 0.173 e. The van der Waals surface area contributed by atoms with Gasteiger partial charge in [-0.15, -0.1) is 0 Å². The van der Waals surface area contributed by atoms with Crippen LogP contribution in [0, 0.1) is 11.6 Å². The zero-order chi connectivity index (χ0) is 13.1. The van der Waals surface area contributed by atoms with Crippen LogP contribution in [0.15, 0.2) is 39.6 Å². The molecule has 1 unspecified atom stereocenters. The Morgan fingerprint density at radius 1 is 1.28 bits per heavy atom. The SMILES string of the molecule is NNC(Cc1ccc(F)c(F)c1)c1ccoc1Br. The summed E-state index contributed by atoms with van der Waals surface area (Å²) in [6.07, 6.45) is 1.95. The predicted molar refractivity (Wildman–Crippen MR) is 66.5 cm³/mol. The average molecular weight is 317 g/mol. The van der Waals surface area contributed by atoms with E-state index in [9.17, 15) is 8.78 Å². The molecule has 0 aliphatic heterocycles. The van der Waals surface area contributed by atoms with E-state index in [1.807, 2.05) is 0 Å². The van der Waals surface area contributed by atoms with Gasteiger partial charge in [-0.25, -0.2) is 8.78 Å². The first-order chi connectivity index (χ1) is 8.61. The Kier molecular flexibility index (Phi) is 4.11. The summed E-state index contributed by atoms with van der Waals surface area (Å²) in [6, 6.07) is 5.30. The summed E-state index contributed by atoms with van der Waals surface area (Å²) in [5, 5.41) is 0. The Hall–Kier alpha value is -1.24. The molecule has 0 aliphatic carbocycles. The van der Waals surface area contributed by atoms with Crippen molar-refractivity contribution in [2.45, 2.75) is 12.5 Å². The lowest BCUT2D eigenvalue weighted by atomic mass is 10.0. The molecule has 2 rings (SSSR count). The van der Waals surface area contributed by atoms with E-state index in [1.165, 1.54) is 12.3 Å². The van der Waals surface area contributed by atoms with Crippen molar-refractivity contribution in [1.29, 1.82) is 0 Å². The highest BCUT2D eigenvalue weighted by Crippen LogP contribution is 2.27. The number of hydrogen-bond donors (Lipinski definition) is 2. The minimum atomic E-state index is -0.866. The molecule has 0 spiro atoms. The van der Waals surface area contributed by atoms with Crippen LogP contribution in [0.25, 0.3) is 0 Å². The van der Waals surface area contributed by atoms with Gasteiger partial charge in [-0.05, 0) is 46.1 Å². The first-order valence-corrected chi connectivity index (χ1v) is 6.04. The fourth-order valence-corrected chi connectivity index (χ4v) is 2.23. The van der Waals surface area contributed by atoms with Gasteiger partial charge in [0.15, 0.2) is 16.3 Å². The quantitative estimate of drug-likeness (QED) is 0.673. The number of benzene rings is 1. The van der Waals surface area contributed by atoms with Gasteiger partial charge in [-0.2, -0.15) is 0 Å². The van der Waals surface area contributed by atoms with Crippen molar-refractivity contribution >= 4 is 15.9 Å². The maximum atomic E-state index is 13.1. The average Bonchev–Trinajstić information content (AvgIpc) is 2.77. The Morgan fingerprint density at radius 3 is 2.61 bits per heavy atom. The third-order valence-corrected chi connectivity index (χ3v) is 3.29. The maximum Gasteiger partial charge on any atom is 0.173 e. The van der Waals surface area contributed by atoms with Gasteiger partial charge in [0.25, 0.3) is 0 Å². The van der Waals surface area contributed by atoms with Crippen LogP contribution in [0.5, 0.6) is 0 Å². The van der Waals surface area contributed by atoms with Crippen molar-refractivity contribution in [1.82, 2.24) is 5.43 Å². The number of hydrogen-bond acceptors (Lipinski definition) is 3. The van der Waals surface area contributed by atoms with Crippen LogP contribution in [0.4, 0.5) is 8.78 Å². The molecular formula is C12H11BrF2N2O. The second kappa shape index (κ2) is 5.60. The molecule has 0 fully saturated rings. The van der Waals surface area contributed by atoms with Crippen LogP contribution in [0.1, 0.15) is 17.2 Å². The molecule has 0 saturated heterocycles. The lowest BCUT2D eigenvalue weighted by Crippen LogP contribution is -2.29. The third kappa shape index (κ3) is 2.77. The summed E-state index contributed by atoms with van der Waals surface area (Å²) in [5.74, 6) is 3.74. The van der Waals surface area contributed by atoms with Gasteiger partial charge in [0, 0.05) is 5.56 Å². The van der Waals surface area contributed by atoms with Crippen LogP contribution in [0.2, 0.25) is 0 Å². The molecule has 1 atom stereocenters. The minimum Gasteiger partial charge on any atom is -0.457 e. The molecule has 18 heavy (non-hydrogen) atoms. The lowest BCUT2D eigenvalue weighted by Gasteiger charge is -2.15. The first-order valence-electron chi connectivity index (χ1n) is 5.24. The molecule has 0 bridgehead atoms. The van der Waals surface area contributed by atoms with Crippen molar-refractivity contribution < 1.29 is 13.2 Å². The van der Waals surface area contributed by atoms with E-state index in [4.69, 9.17) is 10.3 Å². The van der Waals surface area contributed by atoms with E-state index < -0.39 is 11.6 Å². The summed E-state index contributed by atoms with van der Waals surface area (Å²) >= 11 is 3.25. The summed E-state index contributed by atoms with van der Waals surface area (Å²) < 4.78 is 31.6. The topological polar surface area (TPSA) is 51.2 Å². The molecule has 1 aromatic heterocycles. The summed E-state index contributed by atoms with van der Waals surface area (Å²) in [6.45, 7) is 0. The zero-order valence-electron chi connectivity index (χ0n) is 9.29. The Bertz CT molecular complexity index is 545. The number of nitrogens with one attached hydrogen (secondary N) is 1. The van der Waals surface area contributed by atoms with Gasteiger partial charge in [-0.3, -0.25) is 11.3 Å². The van der Waals surface area contributed by atoms with E-state index in [1.54, 1.807) is 6.07 Å². The summed E-state index contributed by atoms with van der Waals surface area (Å²) in [7, 11) is 0. The number of furan rings is 1. The van der Waals surface area contributed by atoms with Gasteiger partial charge < -0.3 is 4.42 Å². The second-order valence-electron chi connectivity index (χ2n) is 3.82. The number of rotatable bonds is 4. The van der Waals surface area contributed by atoms with Gasteiger partial charge in [0.05, 0.1) is 12.3 Å². The molecule has 3 N–H and O–H groups in total. The van der Waals surface area contributed by atoms with Crippen molar-refractivity contribution in [2.24, 2.45) is 5.84 Å². The Labute approximate surface area is 111 Å². The highest BCUT2D eigenvalue weighted by molar-refractivity contribution is 9.10. The molecule has 96 valence electrons. The minimum absolute atomic E-state index is 0.247. The molecule has 3 nitrogen and oxygen atoms in total. The van der Waals surface area contributed by atoms with E-state index in [0.717, 1.165) is 17.7 Å². The fraction of sp³-hybridized carbons (Fsp3) is 0.167. The van der Waals surface area contributed by atoms with E-state index in [2.05, 4.69) is 21.4 Å². The van der Waals surface area contributed by atoms with Crippen molar-refractivity contribution in [3.05, 3.63) is 58.0 Å². The molecule has 6 heteroatoms. The lowest BCUT2D eigenvalue weighted by molar-refractivity contribution is 0.496. The zero-order valence-corrected chi connectivity index (χ0v) is 10.9. The number of nitrogens with two attached hydrogens (primary N) is 1. The predicted octanol–water partition coefficient (Wildman–Crippen LogP) is 3.07. The van der Waals surface area contributed by atoms with Crippen LogP contribution in [0.3, 0.4) is 0 Å². The summed E-state index contributed by atoms with van der Waals surface area (Å²) in [5.41, 5.74) is 4.09. The van der Waals surface area contributed by atoms with Crippen LogP contribution in [-0.4, -0.2) is 0 Å². The third-order valence-electron chi connectivity index (χ3n) is 2.65. The van der Waals surface area contributed by atoms with Gasteiger partial charge >= 0.3 is 0 Å². The highest BCUT2D eigenvalue weighted by Gasteiger charge is 2.16. The van der Waals surface area contributed by atoms with Crippen molar-refractivity contribution in [2.75, 3.05) is 0 Å². The number of halogens is 3. The summed E-state index contributed by atoms with van der Waals surface area (Å²) in [4.78, 5) is 0. The van der Waals surface area contributed by atoms with Gasteiger partial charge in [0.1, 0.15) is 0 Å². The van der Waals surface area contributed by atoms with Crippen LogP contribution >= 0.6 is 15.9 Å².